The summed E-state index contributed by atoms with van der Waals surface area (Å²) in [5.41, 5.74) is 6.87. The summed E-state index contributed by atoms with van der Waals surface area (Å²) in [6, 6.07) is 12.0. The van der Waals surface area contributed by atoms with Crippen LogP contribution in [-0.2, 0) is 6.54 Å². The summed E-state index contributed by atoms with van der Waals surface area (Å²) in [6.07, 6.45) is 2.55. The minimum atomic E-state index is -0.409. The van der Waals surface area contributed by atoms with Crippen LogP contribution in [0.15, 0.2) is 46.8 Å². The minimum Gasteiger partial charge on any atom is -0.366 e. The van der Waals surface area contributed by atoms with Crippen LogP contribution in [0.1, 0.15) is 39.7 Å². The third-order valence-electron chi connectivity index (χ3n) is 4.84. The topological polar surface area (TPSA) is 82.7 Å². The van der Waals surface area contributed by atoms with Gasteiger partial charge in [0.15, 0.2) is 5.96 Å². The fourth-order valence-electron chi connectivity index (χ4n) is 3.33. The molecule has 1 aliphatic rings. The van der Waals surface area contributed by atoms with Crippen LogP contribution < -0.4 is 16.4 Å². The standard InChI is InChI=1S/C20H27N5OS/c1-22-20(23-13-15-6-8-16(9-7-15)19(21)26)24-14-17(18-5-4-12-27-18)25-10-2-3-11-25/h4-9,12,17H,2-3,10-11,13-14H2,1H3,(H2,21,26)(H2,22,23,24). The van der Waals surface area contributed by atoms with Gasteiger partial charge in [-0.15, -0.1) is 11.3 Å². The summed E-state index contributed by atoms with van der Waals surface area (Å²) < 4.78 is 0. The number of nitrogens with two attached hydrogens (primary N) is 1. The largest absolute Gasteiger partial charge is 0.366 e. The van der Waals surface area contributed by atoms with Crippen molar-refractivity contribution < 1.29 is 4.79 Å². The summed E-state index contributed by atoms with van der Waals surface area (Å²) in [7, 11) is 1.78. The van der Waals surface area contributed by atoms with E-state index in [0.717, 1.165) is 31.2 Å². The van der Waals surface area contributed by atoms with E-state index in [1.54, 1.807) is 19.2 Å². The van der Waals surface area contributed by atoms with Crippen molar-refractivity contribution in [1.29, 1.82) is 0 Å². The number of thiophene rings is 1. The van der Waals surface area contributed by atoms with Crippen LogP contribution in [0.3, 0.4) is 0 Å². The Labute approximate surface area is 164 Å². The molecule has 27 heavy (non-hydrogen) atoms. The Morgan fingerprint density at radius 3 is 2.56 bits per heavy atom. The Balaban J connectivity index is 1.55. The first-order valence-corrected chi connectivity index (χ1v) is 10.2. The number of nitrogens with one attached hydrogen (secondary N) is 2. The number of amides is 1. The van der Waals surface area contributed by atoms with Crippen LogP contribution in [0.5, 0.6) is 0 Å². The predicted octanol–water partition coefficient (Wildman–Crippen LogP) is 2.35. The van der Waals surface area contributed by atoms with E-state index in [9.17, 15) is 4.79 Å². The van der Waals surface area contributed by atoms with Crippen LogP contribution in [0.4, 0.5) is 0 Å². The molecule has 1 fully saturated rings. The predicted molar refractivity (Wildman–Crippen MR) is 111 cm³/mol. The van der Waals surface area contributed by atoms with E-state index in [2.05, 4.69) is 38.0 Å². The van der Waals surface area contributed by atoms with E-state index in [1.807, 2.05) is 23.5 Å². The lowest BCUT2D eigenvalue weighted by Crippen LogP contribution is -2.42. The van der Waals surface area contributed by atoms with Crippen LogP contribution in [0, 0.1) is 0 Å². The highest BCUT2D eigenvalue weighted by Crippen LogP contribution is 2.27. The molecule has 0 spiro atoms. The van der Waals surface area contributed by atoms with Gasteiger partial charge >= 0.3 is 0 Å². The Morgan fingerprint density at radius 1 is 1.22 bits per heavy atom. The molecule has 6 nitrogen and oxygen atoms in total. The van der Waals surface area contributed by atoms with Crippen molar-refractivity contribution >= 4 is 23.2 Å². The molecule has 2 heterocycles. The zero-order chi connectivity index (χ0) is 19.1. The van der Waals surface area contributed by atoms with E-state index in [0.29, 0.717) is 18.2 Å². The molecule has 0 radical (unpaired) electrons. The monoisotopic (exact) mass is 385 g/mol. The molecule has 0 bridgehead atoms. The molecule has 1 unspecified atom stereocenters. The second-order valence-corrected chi connectivity index (χ2v) is 7.62. The fraction of sp³-hybridized carbons (Fsp3) is 0.400. The zero-order valence-electron chi connectivity index (χ0n) is 15.6. The molecule has 0 aliphatic carbocycles. The summed E-state index contributed by atoms with van der Waals surface area (Å²) in [5.74, 6) is 0.364. The highest BCUT2D eigenvalue weighted by molar-refractivity contribution is 7.10. The van der Waals surface area contributed by atoms with Gasteiger partial charge in [0, 0.05) is 30.6 Å². The van der Waals surface area contributed by atoms with Gasteiger partial charge in [0.25, 0.3) is 0 Å². The summed E-state index contributed by atoms with van der Waals surface area (Å²) in [5, 5.41) is 8.94. The maximum absolute atomic E-state index is 11.2. The van der Waals surface area contributed by atoms with Crippen LogP contribution in [0.25, 0.3) is 0 Å². The number of guanidine groups is 1. The molecule has 144 valence electrons. The summed E-state index contributed by atoms with van der Waals surface area (Å²) >= 11 is 1.81. The Bertz CT molecular complexity index is 751. The van der Waals surface area contributed by atoms with Crippen molar-refractivity contribution in [2.45, 2.75) is 25.4 Å². The molecule has 1 saturated heterocycles. The second-order valence-electron chi connectivity index (χ2n) is 6.64. The van der Waals surface area contributed by atoms with E-state index in [1.165, 1.54) is 17.7 Å². The number of primary amides is 1. The SMILES string of the molecule is CN=C(NCc1ccc(C(N)=O)cc1)NCC(c1cccs1)N1CCCC1. The number of benzene rings is 1. The molecule has 4 N–H and O–H groups in total. The number of rotatable bonds is 7. The van der Waals surface area contributed by atoms with E-state index in [4.69, 9.17) is 5.73 Å². The summed E-state index contributed by atoms with van der Waals surface area (Å²) in [6.45, 7) is 3.76. The van der Waals surface area contributed by atoms with Gasteiger partial charge in [0.1, 0.15) is 0 Å². The third kappa shape index (κ3) is 5.30. The molecule has 3 rings (SSSR count). The fourth-order valence-corrected chi connectivity index (χ4v) is 4.19. The molecule has 1 amide bonds. The molecule has 1 aliphatic heterocycles. The maximum Gasteiger partial charge on any atom is 0.248 e. The van der Waals surface area contributed by atoms with E-state index < -0.39 is 5.91 Å². The quantitative estimate of drug-likeness (QED) is 0.505. The van der Waals surface area contributed by atoms with E-state index >= 15 is 0 Å². The van der Waals surface area contributed by atoms with Crippen molar-refractivity contribution in [2.75, 3.05) is 26.7 Å². The molecule has 1 aromatic carbocycles. The van der Waals surface area contributed by atoms with Gasteiger partial charge in [0.2, 0.25) is 5.91 Å². The van der Waals surface area contributed by atoms with Gasteiger partial charge in [0.05, 0.1) is 6.04 Å². The van der Waals surface area contributed by atoms with Gasteiger partial charge < -0.3 is 16.4 Å². The summed E-state index contributed by atoms with van der Waals surface area (Å²) in [4.78, 5) is 19.4. The van der Waals surface area contributed by atoms with Crippen molar-refractivity contribution in [3.05, 3.63) is 57.8 Å². The lowest BCUT2D eigenvalue weighted by Gasteiger charge is -2.27. The van der Waals surface area contributed by atoms with Crippen molar-refractivity contribution in [3.8, 4) is 0 Å². The van der Waals surface area contributed by atoms with Gasteiger partial charge in [-0.3, -0.25) is 14.7 Å². The molecular weight excluding hydrogens is 358 g/mol. The third-order valence-corrected chi connectivity index (χ3v) is 5.81. The first-order chi connectivity index (χ1) is 13.2. The number of hydrogen-bond donors (Lipinski definition) is 3. The van der Waals surface area contributed by atoms with Crippen molar-refractivity contribution in [2.24, 2.45) is 10.7 Å². The van der Waals surface area contributed by atoms with Gasteiger partial charge in [-0.05, 0) is 55.1 Å². The first-order valence-electron chi connectivity index (χ1n) is 9.28. The van der Waals surface area contributed by atoms with Crippen LogP contribution in [0.2, 0.25) is 0 Å². The van der Waals surface area contributed by atoms with E-state index in [-0.39, 0.29) is 0 Å². The second kappa shape index (κ2) is 9.53. The number of hydrogen-bond acceptors (Lipinski definition) is 4. The Hall–Kier alpha value is -2.38. The minimum absolute atomic E-state index is 0.376. The average Bonchev–Trinajstić information content (AvgIpc) is 3.39. The zero-order valence-corrected chi connectivity index (χ0v) is 16.5. The molecule has 1 aromatic heterocycles. The Morgan fingerprint density at radius 2 is 1.96 bits per heavy atom. The van der Waals surface area contributed by atoms with Crippen LogP contribution in [-0.4, -0.2) is 43.4 Å². The van der Waals surface area contributed by atoms with Crippen molar-refractivity contribution in [1.82, 2.24) is 15.5 Å². The molecule has 2 aromatic rings. The maximum atomic E-state index is 11.2. The normalized spacial score (nSPS) is 16.3. The molecule has 7 heteroatoms. The van der Waals surface area contributed by atoms with Crippen molar-refractivity contribution in [3.63, 3.8) is 0 Å². The van der Waals surface area contributed by atoms with Crippen LogP contribution >= 0.6 is 11.3 Å². The number of carbonyl (C=O) groups is 1. The highest BCUT2D eigenvalue weighted by atomic mass is 32.1. The number of likely N-dealkylation sites (tertiary alicyclic amines) is 1. The number of nitrogens with zero attached hydrogens (tertiary/aromatic N) is 2. The Kier molecular flexibility index (Phi) is 6.84. The van der Waals surface area contributed by atoms with Gasteiger partial charge in [-0.2, -0.15) is 0 Å². The average molecular weight is 386 g/mol. The molecule has 0 saturated carbocycles. The molecule has 1 atom stereocenters. The van der Waals surface area contributed by atoms with Gasteiger partial charge in [-0.25, -0.2) is 0 Å². The molecular formula is C20H27N5OS. The lowest BCUT2D eigenvalue weighted by atomic mass is 10.1. The first kappa shape index (κ1) is 19.4. The lowest BCUT2D eigenvalue weighted by molar-refractivity contribution is 0.100. The highest BCUT2D eigenvalue weighted by Gasteiger charge is 2.24. The van der Waals surface area contributed by atoms with Gasteiger partial charge in [-0.1, -0.05) is 18.2 Å². The smallest absolute Gasteiger partial charge is 0.248 e. The number of aliphatic imine (C=N–C) groups is 1. The number of carbonyl (C=O) groups excluding carboxylic acids is 1.